The van der Waals surface area contributed by atoms with E-state index in [1.165, 1.54) is 0 Å². The van der Waals surface area contributed by atoms with E-state index < -0.39 is 30.0 Å². The largest absolute Gasteiger partial charge is 0.480 e. The minimum absolute atomic E-state index is 0.172. The van der Waals surface area contributed by atoms with Crippen molar-refractivity contribution in [3.8, 4) is 0 Å². The molecule has 9 N–H and O–H groups in total. The lowest BCUT2D eigenvalue weighted by molar-refractivity contribution is -0.142. The first-order chi connectivity index (χ1) is 9.38. The number of carbonyl (C=O) groups is 3. The van der Waals surface area contributed by atoms with Gasteiger partial charge in [0.15, 0.2) is 0 Å². The van der Waals surface area contributed by atoms with Crippen LogP contribution in [0.15, 0.2) is 0 Å². The first kappa shape index (κ1) is 18.1. The molecule has 0 heterocycles. The molecule has 20 heavy (non-hydrogen) atoms. The number of carbonyl (C=O) groups excluding carboxylic acids is 2. The summed E-state index contributed by atoms with van der Waals surface area (Å²) < 4.78 is 0. The third kappa shape index (κ3) is 8.27. The van der Waals surface area contributed by atoms with Gasteiger partial charge in [-0.15, -0.1) is 0 Å². The molecule has 0 aliphatic rings. The van der Waals surface area contributed by atoms with Crippen molar-refractivity contribution in [2.24, 2.45) is 17.2 Å². The van der Waals surface area contributed by atoms with Gasteiger partial charge in [-0.05, 0) is 32.2 Å². The molecule has 2 atom stereocenters. The summed E-state index contributed by atoms with van der Waals surface area (Å²) in [4.78, 5) is 33.1. The van der Waals surface area contributed by atoms with Gasteiger partial charge in [0.05, 0.1) is 6.04 Å². The lowest BCUT2D eigenvalue weighted by atomic mass is 10.1. The zero-order chi connectivity index (χ0) is 15.5. The number of carboxylic acids is 1. The van der Waals surface area contributed by atoms with Crippen molar-refractivity contribution in [2.75, 3.05) is 13.1 Å². The first-order valence-electron chi connectivity index (χ1n) is 6.40. The molecular formula is C11H23N5O4. The second-order valence-electron chi connectivity index (χ2n) is 4.37. The molecule has 0 spiro atoms. The fourth-order valence-corrected chi connectivity index (χ4v) is 1.52. The molecule has 0 unspecified atom stereocenters. The molecule has 0 fully saturated rings. The maximum Gasteiger partial charge on any atom is 0.326 e. The Morgan fingerprint density at radius 2 is 1.80 bits per heavy atom. The van der Waals surface area contributed by atoms with Crippen molar-refractivity contribution in [3.63, 3.8) is 0 Å². The third-order valence-electron chi connectivity index (χ3n) is 2.64. The molecule has 0 aliphatic heterocycles. The van der Waals surface area contributed by atoms with E-state index in [0.29, 0.717) is 25.8 Å². The smallest absolute Gasteiger partial charge is 0.326 e. The monoisotopic (exact) mass is 289 g/mol. The van der Waals surface area contributed by atoms with Crippen molar-refractivity contribution in [1.29, 1.82) is 0 Å². The van der Waals surface area contributed by atoms with Crippen LogP contribution in [0.2, 0.25) is 0 Å². The standard InChI is InChI=1S/C11H23N5O4/c12-5-1-3-7(13)9(17)16-8(10(18)19)4-2-6-15-11(14)20/h7-8H,1-6,12-13H2,(H,16,17)(H,18,19)(H3,14,15,20)/t7-,8-/m0/s1. The summed E-state index contributed by atoms with van der Waals surface area (Å²) in [6, 6.07) is -2.49. The molecule has 9 heteroatoms. The van der Waals surface area contributed by atoms with E-state index in [-0.39, 0.29) is 13.0 Å². The van der Waals surface area contributed by atoms with Crippen LogP contribution in [0.25, 0.3) is 0 Å². The molecule has 0 aromatic carbocycles. The topological polar surface area (TPSA) is 174 Å². The van der Waals surface area contributed by atoms with E-state index in [9.17, 15) is 14.4 Å². The van der Waals surface area contributed by atoms with Crippen LogP contribution >= 0.6 is 0 Å². The molecule has 0 saturated heterocycles. The van der Waals surface area contributed by atoms with E-state index in [0.717, 1.165) is 0 Å². The molecule has 9 nitrogen and oxygen atoms in total. The van der Waals surface area contributed by atoms with Crippen LogP contribution < -0.4 is 27.8 Å². The molecule has 3 amide bonds. The normalized spacial score (nSPS) is 13.3. The van der Waals surface area contributed by atoms with Gasteiger partial charge in [0.2, 0.25) is 5.91 Å². The Balaban J connectivity index is 4.15. The summed E-state index contributed by atoms with van der Waals surface area (Å²) in [5.74, 6) is -1.67. The molecule has 0 aromatic rings. The lowest BCUT2D eigenvalue weighted by Gasteiger charge is -2.17. The van der Waals surface area contributed by atoms with Gasteiger partial charge in [-0.1, -0.05) is 0 Å². The Morgan fingerprint density at radius 1 is 1.15 bits per heavy atom. The number of hydrogen-bond donors (Lipinski definition) is 6. The number of rotatable bonds is 10. The Hall–Kier alpha value is -1.87. The van der Waals surface area contributed by atoms with Crippen molar-refractivity contribution >= 4 is 17.9 Å². The average molecular weight is 289 g/mol. The first-order valence-corrected chi connectivity index (χ1v) is 6.40. The van der Waals surface area contributed by atoms with Gasteiger partial charge in [-0.3, -0.25) is 4.79 Å². The second-order valence-corrected chi connectivity index (χ2v) is 4.37. The van der Waals surface area contributed by atoms with Gasteiger partial charge < -0.3 is 32.9 Å². The zero-order valence-corrected chi connectivity index (χ0v) is 11.3. The number of nitrogens with two attached hydrogens (primary N) is 3. The summed E-state index contributed by atoms with van der Waals surface area (Å²) >= 11 is 0. The predicted molar refractivity (Wildman–Crippen MR) is 72.7 cm³/mol. The fourth-order valence-electron chi connectivity index (χ4n) is 1.52. The Morgan fingerprint density at radius 3 is 2.30 bits per heavy atom. The number of aliphatic carboxylic acids is 1. The highest BCUT2D eigenvalue weighted by molar-refractivity contribution is 5.86. The number of amides is 3. The SMILES string of the molecule is NCCC[C@H](N)C(=O)N[C@@H](CCCNC(N)=O)C(=O)O. The summed E-state index contributed by atoms with van der Waals surface area (Å²) in [6.07, 6.45) is 1.54. The maximum atomic E-state index is 11.7. The van der Waals surface area contributed by atoms with Gasteiger partial charge in [0, 0.05) is 6.54 Å². The highest BCUT2D eigenvalue weighted by Gasteiger charge is 2.22. The van der Waals surface area contributed by atoms with E-state index in [4.69, 9.17) is 22.3 Å². The van der Waals surface area contributed by atoms with Gasteiger partial charge in [0.25, 0.3) is 0 Å². The van der Waals surface area contributed by atoms with Gasteiger partial charge >= 0.3 is 12.0 Å². The van der Waals surface area contributed by atoms with Crippen LogP contribution in [0.5, 0.6) is 0 Å². The van der Waals surface area contributed by atoms with Crippen LogP contribution in [-0.2, 0) is 9.59 Å². The van der Waals surface area contributed by atoms with Crippen molar-refractivity contribution in [3.05, 3.63) is 0 Å². The highest BCUT2D eigenvalue weighted by atomic mass is 16.4. The average Bonchev–Trinajstić information content (AvgIpc) is 2.38. The number of primary amides is 1. The Labute approximate surface area is 117 Å². The Kier molecular flexibility index (Phi) is 9.05. The number of carboxylic acid groups (broad SMARTS) is 1. The lowest BCUT2D eigenvalue weighted by Crippen LogP contribution is -2.48. The molecule has 0 aromatic heterocycles. The van der Waals surface area contributed by atoms with Gasteiger partial charge in [-0.25, -0.2) is 9.59 Å². The quantitative estimate of drug-likeness (QED) is 0.255. The van der Waals surface area contributed by atoms with Gasteiger partial charge in [0.1, 0.15) is 6.04 Å². The molecule has 0 aliphatic carbocycles. The minimum atomic E-state index is -1.15. The predicted octanol–water partition coefficient (Wildman–Crippen LogP) is -1.93. The number of hydrogen-bond acceptors (Lipinski definition) is 5. The van der Waals surface area contributed by atoms with Gasteiger partial charge in [-0.2, -0.15) is 0 Å². The molecular weight excluding hydrogens is 266 g/mol. The van der Waals surface area contributed by atoms with E-state index in [2.05, 4.69) is 10.6 Å². The maximum absolute atomic E-state index is 11.7. The third-order valence-corrected chi connectivity index (χ3v) is 2.64. The summed E-state index contributed by atoms with van der Waals surface area (Å²) in [7, 11) is 0. The van der Waals surface area contributed by atoms with Crippen LogP contribution in [0.3, 0.4) is 0 Å². The summed E-state index contributed by atoms with van der Waals surface area (Å²) in [5, 5.41) is 13.7. The number of urea groups is 1. The Bertz CT molecular complexity index is 337. The van der Waals surface area contributed by atoms with Crippen LogP contribution in [0.4, 0.5) is 4.79 Å². The molecule has 116 valence electrons. The molecule has 0 rings (SSSR count). The van der Waals surface area contributed by atoms with Crippen molar-refractivity contribution in [2.45, 2.75) is 37.8 Å². The van der Waals surface area contributed by atoms with E-state index >= 15 is 0 Å². The van der Waals surface area contributed by atoms with Crippen LogP contribution in [-0.4, -0.2) is 48.2 Å². The zero-order valence-electron chi connectivity index (χ0n) is 11.3. The fraction of sp³-hybridized carbons (Fsp3) is 0.727. The van der Waals surface area contributed by atoms with Crippen molar-refractivity contribution in [1.82, 2.24) is 10.6 Å². The minimum Gasteiger partial charge on any atom is -0.480 e. The highest BCUT2D eigenvalue weighted by Crippen LogP contribution is 2.00. The second kappa shape index (κ2) is 9.98. The van der Waals surface area contributed by atoms with Crippen LogP contribution in [0, 0.1) is 0 Å². The van der Waals surface area contributed by atoms with E-state index in [1.54, 1.807) is 0 Å². The van der Waals surface area contributed by atoms with Crippen LogP contribution in [0.1, 0.15) is 25.7 Å². The molecule has 0 saturated carbocycles. The summed E-state index contributed by atoms with van der Waals surface area (Å²) in [6.45, 7) is 0.663. The summed E-state index contributed by atoms with van der Waals surface area (Å²) in [5.41, 5.74) is 15.8. The van der Waals surface area contributed by atoms with Crippen molar-refractivity contribution < 1.29 is 19.5 Å². The van der Waals surface area contributed by atoms with E-state index in [1.807, 2.05) is 0 Å². The molecule has 0 bridgehead atoms. The number of nitrogens with one attached hydrogen (secondary N) is 2. The molecule has 0 radical (unpaired) electrons.